The number of rotatable bonds is 8. The standard InChI is InChI=1S/C27H30N2O5/c1-2-3-13-23(31)29(17-18-9-5-4-6-10-18)21-16-20(27(33)28-14-15-30)24-19-11-7-8-12-22(19)34-26(24)25(21)32/h3-13,16,21,24-26,30,32H,2,14-15,17H2,1H3,(H,28,33). The molecular weight excluding hydrogens is 432 g/mol. The molecule has 7 heteroatoms. The van der Waals surface area contributed by atoms with Crippen molar-refractivity contribution in [1.82, 2.24) is 10.2 Å². The number of nitrogens with one attached hydrogen (secondary N) is 1. The van der Waals surface area contributed by atoms with Gasteiger partial charge in [0.25, 0.3) is 0 Å². The van der Waals surface area contributed by atoms with E-state index >= 15 is 0 Å². The second kappa shape index (κ2) is 10.7. The minimum atomic E-state index is -1.05. The molecule has 0 saturated carbocycles. The molecule has 178 valence electrons. The maximum atomic E-state index is 13.2. The van der Waals surface area contributed by atoms with Crippen molar-refractivity contribution in [3.05, 3.63) is 89.5 Å². The molecule has 2 amide bonds. The van der Waals surface area contributed by atoms with E-state index in [2.05, 4.69) is 5.32 Å². The number of ether oxygens (including phenoxy) is 1. The molecule has 2 aromatic carbocycles. The lowest BCUT2D eigenvalue weighted by molar-refractivity contribution is -0.132. The zero-order valence-corrected chi connectivity index (χ0v) is 19.1. The average molecular weight is 463 g/mol. The Hall–Kier alpha value is -3.42. The van der Waals surface area contributed by atoms with E-state index in [1.807, 2.05) is 61.5 Å². The van der Waals surface area contributed by atoms with Crippen LogP contribution in [0.5, 0.6) is 5.75 Å². The van der Waals surface area contributed by atoms with Gasteiger partial charge in [0.1, 0.15) is 18.0 Å². The number of nitrogens with zero attached hydrogens (tertiary/aromatic N) is 1. The van der Waals surface area contributed by atoms with Crippen molar-refractivity contribution in [2.24, 2.45) is 0 Å². The predicted octanol–water partition coefficient (Wildman–Crippen LogP) is 2.30. The van der Waals surface area contributed by atoms with Gasteiger partial charge in [0.15, 0.2) is 0 Å². The van der Waals surface area contributed by atoms with Crippen LogP contribution in [-0.2, 0) is 16.1 Å². The Balaban J connectivity index is 1.76. The summed E-state index contributed by atoms with van der Waals surface area (Å²) in [7, 11) is 0. The van der Waals surface area contributed by atoms with Gasteiger partial charge in [0, 0.05) is 24.2 Å². The highest BCUT2D eigenvalue weighted by Gasteiger charge is 2.50. The lowest BCUT2D eigenvalue weighted by Crippen LogP contribution is -2.55. The number of hydrogen-bond donors (Lipinski definition) is 3. The van der Waals surface area contributed by atoms with Crippen molar-refractivity contribution >= 4 is 11.8 Å². The van der Waals surface area contributed by atoms with Gasteiger partial charge in [0.05, 0.1) is 18.6 Å². The minimum Gasteiger partial charge on any atom is -0.486 e. The lowest BCUT2D eigenvalue weighted by atomic mass is 9.77. The van der Waals surface area contributed by atoms with E-state index in [4.69, 9.17) is 4.74 Å². The van der Waals surface area contributed by atoms with E-state index in [1.165, 1.54) is 6.08 Å². The number of aliphatic hydroxyl groups excluding tert-OH is 2. The molecule has 4 rings (SSSR count). The van der Waals surface area contributed by atoms with Crippen molar-refractivity contribution in [2.45, 2.75) is 44.1 Å². The van der Waals surface area contributed by atoms with E-state index in [0.717, 1.165) is 11.1 Å². The summed E-state index contributed by atoms with van der Waals surface area (Å²) in [5.41, 5.74) is 2.15. The maximum Gasteiger partial charge on any atom is 0.247 e. The normalized spacial score (nSPS) is 23.0. The second-order valence-electron chi connectivity index (χ2n) is 8.44. The van der Waals surface area contributed by atoms with Crippen LogP contribution in [0.15, 0.2) is 78.4 Å². The third-order valence-corrected chi connectivity index (χ3v) is 6.21. The predicted molar refractivity (Wildman–Crippen MR) is 128 cm³/mol. The Morgan fingerprint density at radius 1 is 1.12 bits per heavy atom. The molecule has 2 aromatic rings. The third-order valence-electron chi connectivity index (χ3n) is 6.21. The summed E-state index contributed by atoms with van der Waals surface area (Å²) < 4.78 is 6.12. The fourth-order valence-corrected chi connectivity index (χ4v) is 4.62. The molecule has 1 aliphatic heterocycles. The summed E-state index contributed by atoms with van der Waals surface area (Å²) in [6.45, 7) is 2.13. The van der Waals surface area contributed by atoms with Gasteiger partial charge in [-0.1, -0.05) is 61.5 Å². The average Bonchev–Trinajstić information content (AvgIpc) is 3.26. The number of amides is 2. The van der Waals surface area contributed by atoms with E-state index in [1.54, 1.807) is 17.1 Å². The smallest absolute Gasteiger partial charge is 0.247 e. The number of fused-ring (bicyclic) bond motifs is 3. The van der Waals surface area contributed by atoms with E-state index < -0.39 is 24.2 Å². The molecule has 0 spiro atoms. The Bertz CT molecular complexity index is 1080. The summed E-state index contributed by atoms with van der Waals surface area (Å²) in [6, 6.07) is 16.2. The summed E-state index contributed by atoms with van der Waals surface area (Å²) in [4.78, 5) is 28.0. The quantitative estimate of drug-likeness (QED) is 0.523. The fourth-order valence-electron chi connectivity index (χ4n) is 4.62. The van der Waals surface area contributed by atoms with Gasteiger partial charge in [0.2, 0.25) is 11.8 Å². The largest absolute Gasteiger partial charge is 0.486 e. The summed E-state index contributed by atoms with van der Waals surface area (Å²) in [6.07, 6.45) is 3.90. The monoisotopic (exact) mass is 462 g/mol. The van der Waals surface area contributed by atoms with Gasteiger partial charge in [-0.3, -0.25) is 9.59 Å². The molecule has 0 saturated heterocycles. The first-order chi connectivity index (χ1) is 16.5. The van der Waals surface area contributed by atoms with Crippen LogP contribution in [0.2, 0.25) is 0 Å². The molecule has 3 N–H and O–H groups in total. The van der Waals surface area contributed by atoms with Gasteiger partial charge in [-0.05, 0) is 30.2 Å². The zero-order chi connectivity index (χ0) is 24.1. The Labute approximate surface area is 199 Å². The number of allylic oxidation sites excluding steroid dienone is 1. The number of benzene rings is 2. The molecule has 0 radical (unpaired) electrons. The molecule has 0 bridgehead atoms. The Kier molecular flexibility index (Phi) is 7.45. The van der Waals surface area contributed by atoms with E-state index in [9.17, 15) is 19.8 Å². The highest BCUT2D eigenvalue weighted by Crippen LogP contribution is 2.47. The number of para-hydroxylation sites is 1. The van der Waals surface area contributed by atoms with Crippen LogP contribution in [0.25, 0.3) is 0 Å². The van der Waals surface area contributed by atoms with Crippen LogP contribution in [-0.4, -0.2) is 58.3 Å². The molecule has 0 fully saturated rings. The van der Waals surface area contributed by atoms with Crippen molar-refractivity contribution in [3.63, 3.8) is 0 Å². The van der Waals surface area contributed by atoms with Gasteiger partial charge in [-0.2, -0.15) is 0 Å². The molecule has 1 heterocycles. The molecular formula is C27H30N2O5. The summed E-state index contributed by atoms with van der Waals surface area (Å²) >= 11 is 0. The highest BCUT2D eigenvalue weighted by molar-refractivity contribution is 5.96. The lowest BCUT2D eigenvalue weighted by Gasteiger charge is -2.40. The first-order valence-electron chi connectivity index (χ1n) is 11.6. The number of carbonyl (C=O) groups is 2. The number of hydrogen-bond acceptors (Lipinski definition) is 5. The third kappa shape index (κ3) is 4.76. The first kappa shape index (κ1) is 23.7. The highest BCUT2D eigenvalue weighted by atomic mass is 16.5. The molecule has 4 atom stereocenters. The zero-order valence-electron chi connectivity index (χ0n) is 19.1. The minimum absolute atomic E-state index is 0.106. The summed E-state index contributed by atoms with van der Waals surface area (Å²) in [5.74, 6) is -0.460. The van der Waals surface area contributed by atoms with Crippen LogP contribution in [0, 0.1) is 0 Å². The molecule has 0 aromatic heterocycles. The van der Waals surface area contributed by atoms with E-state index in [0.29, 0.717) is 17.7 Å². The number of carbonyl (C=O) groups excluding carboxylic acids is 2. The second-order valence-corrected chi connectivity index (χ2v) is 8.44. The first-order valence-corrected chi connectivity index (χ1v) is 11.6. The van der Waals surface area contributed by atoms with Crippen molar-refractivity contribution in [3.8, 4) is 5.75 Å². The van der Waals surface area contributed by atoms with E-state index in [-0.39, 0.29) is 31.5 Å². The molecule has 1 aliphatic carbocycles. The van der Waals surface area contributed by atoms with Gasteiger partial charge in [-0.15, -0.1) is 0 Å². The van der Waals surface area contributed by atoms with Crippen LogP contribution in [0.4, 0.5) is 0 Å². The SMILES string of the molecule is CCC=CC(=O)N(Cc1ccccc1)C1C=C(C(=O)NCCO)C2c3ccccc3OC2C1O. The number of aliphatic hydroxyl groups is 2. The van der Waals surface area contributed by atoms with Crippen molar-refractivity contribution in [2.75, 3.05) is 13.2 Å². The van der Waals surface area contributed by atoms with Gasteiger partial charge >= 0.3 is 0 Å². The van der Waals surface area contributed by atoms with Crippen LogP contribution in [0.3, 0.4) is 0 Å². The molecule has 4 unspecified atom stereocenters. The Morgan fingerprint density at radius 3 is 2.59 bits per heavy atom. The Morgan fingerprint density at radius 2 is 1.85 bits per heavy atom. The topological polar surface area (TPSA) is 99.1 Å². The molecule has 2 aliphatic rings. The van der Waals surface area contributed by atoms with Crippen LogP contribution < -0.4 is 10.1 Å². The van der Waals surface area contributed by atoms with Gasteiger partial charge in [-0.25, -0.2) is 0 Å². The fraction of sp³-hybridized carbons (Fsp3) is 0.333. The maximum absolute atomic E-state index is 13.2. The van der Waals surface area contributed by atoms with Crippen molar-refractivity contribution < 1.29 is 24.5 Å². The van der Waals surface area contributed by atoms with Crippen LogP contribution in [0.1, 0.15) is 30.4 Å². The molecule has 34 heavy (non-hydrogen) atoms. The molecule has 7 nitrogen and oxygen atoms in total. The van der Waals surface area contributed by atoms with Crippen LogP contribution >= 0.6 is 0 Å². The van der Waals surface area contributed by atoms with Gasteiger partial charge < -0.3 is 25.2 Å². The van der Waals surface area contributed by atoms with Crippen molar-refractivity contribution in [1.29, 1.82) is 0 Å². The summed E-state index contributed by atoms with van der Waals surface area (Å²) in [5, 5.41) is 23.4.